The first-order valence-corrected chi connectivity index (χ1v) is 27.8. The number of hydrogen-bond acceptors (Lipinski definition) is 10. The van der Waals surface area contributed by atoms with Crippen LogP contribution >= 0.6 is 0 Å². The molecule has 0 unspecified atom stereocenters. The minimum Gasteiger partial charge on any atom is -0.397 e. The Labute approximate surface area is 290 Å². The summed E-state index contributed by atoms with van der Waals surface area (Å²) in [4.78, 5) is 0. The lowest BCUT2D eigenvalue weighted by Crippen LogP contribution is -2.49. The Hall–Kier alpha value is 0.121. The molecule has 0 saturated heterocycles. The number of rotatable bonds is 27. The van der Waals surface area contributed by atoms with Crippen LogP contribution in [0.1, 0.15) is 29.5 Å². The molecule has 0 aliphatic rings. The number of nitrogens with one attached hydrogen (secondary N) is 2. The van der Waals surface area contributed by atoms with Gasteiger partial charge >= 0.3 is 26.9 Å². The van der Waals surface area contributed by atoms with Crippen LogP contribution in [0.5, 0.6) is 0 Å². The Kier molecular flexibility index (Phi) is 22.6. The Morgan fingerprint density at radius 3 is 1.54 bits per heavy atom. The molecule has 0 aliphatic carbocycles. The minimum atomic E-state index is -2.59. The molecule has 0 bridgehead atoms. The number of benzene rings is 1. The zero-order valence-electron chi connectivity index (χ0n) is 31.0. The molecule has 10 nitrogen and oxygen atoms in total. The lowest BCUT2D eigenvalue weighted by Gasteiger charge is -2.27. The summed E-state index contributed by atoms with van der Waals surface area (Å²) in [6.45, 7) is 13.8. The van der Waals surface area contributed by atoms with Crippen molar-refractivity contribution in [2.75, 3.05) is 70.0 Å². The van der Waals surface area contributed by atoms with E-state index in [9.17, 15) is 0 Å². The van der Waals surface area contributed by atoms with Crippen LogP contribution in [0.2, 0.25) is 50.4 Å². The first-order chi connectivity index (χ1) is 22.0. The molecule has 1 aromatic carbocycles. The molecule has 1 rings (SSSR count). The van der Waals surface area contributed by atoms with Crippen molar-refractivity contribution in [3.63, 3.8) is 0 Å². The topological polar surface area (TPSA) is 97.9 Å². The normalized spacial score (nSPS) is 12.9. The summed E-state index contributed by atoms with van der Waals surface area (Å²) in [7, 11) is 6.59. The highest BCUT2D eigenvalue weighted by atomic mass is 28.4. The fourth-order valence-electron chi connectivity index (χ4n) is 6.03. The predicted octanol–water partition coefficient (Wildman–Crippen LogP) is 2.91. The van der Waals surface area contributed by atoms with Crippen molar-refractivity contribution < 1.29 is 35.4 Å². The molecule has 0 aromatic heterocycles. The molecule has 0 amide bonds. The van der Waals surface area contributed by atoms with Crippen molar-refractivity contribution in [2.24, 2.45) is 0 Å². The van der Waals surface area contributed by atoms with Gasteiger partial charge in [-0.2, -0.15) is 0 Å². The second kappa shape index (κ2) is 23.5. The summed E-state index contributed by atoms with van der Waals surface area (Å²) < 4.78 is 45.1. The van der Waals surface area contributed by atoms with Gasteiger partial charge in [0.2, 0.25) is 0 Å². The quantitative estimate of drug-likeness (QED) is 0.0795. The summed E-state index contributed by atoms with van der Waals surface area (Å²) in [5, 5.41) is 10.9. The summed E-state index contributed by atoms with van der Waals surface area (Å²) in [6, 6.07) is 6.11. The van der Waals surface area contributed by atoms with Crippen LogP contribution in [-0.4, -0.2) is 130 Å². The van der Waals surface area contributed by atoms with Crippen LogP contribution in [-0.2, 0) is 48.2 Å². The van der Waals surface area contributed by atoms with Crippen molar-refractivity contribution >= 4 is 64.4 Å². The Morgan fingerprint density at radius 2 is 1.15 bits per heavy atom. The monoisotopic (exact) mass is 747 g/mol. The molecule has 265 valence electrons. The molecule has 0 aliphatic heterocycles. The van der Waals surface area contributed by atoms with Crippen molar-refractivity contribution in [3.8, 4) is 0 Å². The lowest BCUT2D eigenvalue weighted by molar-refractivity contribution is 0.122. The van der Waals surface area contributed by atoms with Crippen LogP contribution in [0.4, 0.5) is 0 Å². The van der Waals surface area contributed by atoms with Gasteiger partial charge in [-0.15, -0.1) is 0 Å². The Balaban J connectivity index is 3.14. The van der Waals surface area contributed by atoms with Crippen molar-refractivity contribution in [1.29, 1.82) is 0 Å². The Morgan fingerprint density at radius 1 is 0.696 bits per heavy atom. The van der Waals surface area contributed by atoms with Crippen LogP contribution in [0.25, 0.3) is 0 Å². The van der Waals surface area contributed by atoms with E-state index in [1.54, 1.807) is 72.8 Å². The van der Waals surface area contributed by atoms with Gasteiger partial charge in [0.05, 0.1) is 27.1 Å². The largest absolute Gasteiger partial charge is 0.500 e. The lowest BCUT2D eigenvalue weighted by atomic mass is 10.0. The van der Waals surface area contributed by atoms with Gasteiger partial charge in [0.15, 0.2) is 0 Å². The maximum absolute atomic E-state index is 5.64. The van der Waals surface area contributed by atoms with E-state index < -0.39 is 44.5 Å². The van der Waals surface area contributed by atoms with Gasteiger partial charge in [0, 0.05) is 74.8 Å². The molecule has 5 radical (unpaired) electrons. The van der Waals surface area contributed by atoms with E-state index in [1.165, 1.54) is 11.1 Å². The minimum absolute atomic E-state index is 0.207. The third-order valence-electron chi connectivity index (χ3n) is 8.37. The fourth-order valence-corrected chi connectivity index (χ4v) is 15.3. The first kappa shape index (κ1) is 44.1. The van der Waals surface area contributed by atoms with Crippen LogP contribution < -0.4 is 21.0 Å². The van der Waals surface area contributed by atoms with E-state index in [1.807, 2.05) is 0 Å². The molecule has 0 spiro atoms. The standard InChI is InChI=1S/C30H63N2O8Si6/c1-25-24-26(17-21-44(33-2)34-3)29(43(12)13)27(28(25)42(10)11)16-20-41-30(31-18-14-22-45(35-4,36-5)37-6)32-19-15-23-46(38-7,39-8)40-9/h24,30-32H,14-23H2,1-13H3. The fraction of sp³-hybridized carbons (Fsp3) is 0.800. The SMILES string of the molecule is CO[Si](CCc1cc(C)c([Si](C)C)c(CC[Si]C(NCCC[Si](OC)(OC)OC)NCCC[Si](OC)(OC)OC)c1[Si](C)C)OC. The maximum Gasteiger partial charge on any atom is 0.500 e. The molecule has 1 aromatic rings. The molecule has 16 heteroatoms. The van der Waals surface area contributed by atoms with Crippen molar-refractivity contribution in [1.82, 2.24) is 10.6 Å². The average Bonchev–Trinajstić information content (AvgIpc) is 3.05. The van der Waals surface area contributed by atoms with Gasteiger partial charge in [-0.3, -0.25) is 0 Å². The summed E-state index contributed by atoms with van der Waals surface area (Å²) >= 11 is 0. The third-order valence-corrected chi connectivity index (χ3v) is 20.3. The maximum atomic E-state index is 5.64. The van der Waals surface area contributed by atoms with Gasteiger partial charge < -0.3 is 46.0 Å². The number of hydrogen-bond donors (Lipinski definition) is 2. The van der Waals surface area contributed by atoms with Gasteiger partial charge in [0.25, 0.3) is 0 Å². The van der Waals surface area contributed by atoms with Gasteiger partial charge in [0.1, 0.15) is 0 Å². The van der Waals surface area contributed by atoms with Crippen molar-refractivity contribution in [3.05, 3.63) is 22.8 Å². The van der Waals surface area contributed by atoms with E-state index in [0.29, 0.717) is 0 Å². The van der Waals surface area contributed by atoms with Gasteiger partial charge in [-0.05, 0) is 62.9 Å². The average molecular weight is 748 g/mol. The van der Waals surface area contributed by atoms with Crippen molar-refractivity contribution in [2.45, 2.75) is 88.8 Å². The highest BCUT2D eigenvalue weighted by molar-refractivity contribution is 6.75. The molecule has 0 saturated carbocycles. The van der Waals surface area contributed by atoms with Gasteiger partial charge in [-0.25, -0.2) is 0 Å². The zero-order chi connectivity index (χ0) is 34.8. The molecule has 2 N–H and O–H groups in total. The van der Waals surface area contributed by atoms with Crippen LogP contribution in [0.15, 0.2) is 6.07 Å². The van der Waals surface area contributed by atoms with E-state index in [4.69, 9.17) is 35.4 Å². The smallest absolute Gasteiger partial charge is 0.397 e. The van der Waals surface area contributed by atoms with Crippen LogP contribution in [0.3, 0.4) is 0 Å². The van der Waals surface area contributed by atoms with E-state index in [-0.39, 0.29) is 5.79 Å². The second-order valence-corrected chi connectivity index (χ2v) is 26.4. The highest BCUT2D eigenvalue weighted by Crippen LogP contribution is 2.17. The number of aryl methyl sites for hydroxylation is 2. The highest BCUT2D eigenvalue weighted by Gasteiger charge is 2.38. The second-order valence-electron chi connectivity index (χ2n) is 11.7. The molecule has 0 fully saturated rings. The third kappa shape index (κ3) is 13.8. The molecule has 0 atom stereocenters. The zero-order valence-corrected chi connectivity index (χ0v) is 37.0. The summed E-state index contributed by atoms with van der Waals surface area (Å²) in [6.07, 6.45) is 3.95. The molecular formula is C30H63N2O8Si6. The molecular weight excluding hydrogens is 685 g/mol. The molecule has 46 heavy (non-hydrogen) atoms. The van der Waals surface area contributed by atoms with Crippen LogP contribution in [0, 0.1) is 6.92 Å². The summed E-state index contributed by atoms with van der Waals surface area (Å²) in [5.74, 6) is 0.207. The van der Waals surface area contributed by atoms with E-state index in [2.05, 4.69) is 49.8 Å². The first-order valence-electron chi connectivity index (χ1n) is 16.2. The van der Waals surface area contributed by atoms with E-state index in [0.717, 1.165) is 72.5 Å². The molecule has 0 heterocycles. The predicted molar refractivity (Wildman–Crippen MR) is 200 cm³/mol. The summed E-state index contributed by atoms with van der Waals surface area (Å²) in [5.41, 5.74) is 4.60. The van der Waals surface area contributed by atoms with E-state index >= 15 is 0 Å². The Bertz CT molecular complexity index is 925. The van der Waals surface area contributed by atoms with Gasteiger partial charge in [-0.1, -0.05) is 54.2 Å².